The van der Waals surface area contributed by atoms with Gasteiger partial charge in [0.15, 0.2) is 5.82 Å². The second kappa shape index (κ2) is 9.30. The smallest absolute Gasteiger partial charge is 0.225 e. The molecule has 7 nitrogen and oxygen atoms in total. The third kappa shape index (κ3) is 5.39. The number of likely N-dealkylation sites (tertiary alicyclic amines) is 1. The van der Waals surface area contributed by atoms with Crippen molar-refractivity contribution >= 4 is 22.6 Å². The maximum Gasteiger partial charge on any atom is 0.225 e. The van der Waals surface area contributed by atoms with Crippen LogP contribution in [-0.4, -0.2) is 81.3 Å². The van der Waals surface area contributed by atoms with Gasteiger partial charge in [-0.05, 0) is 33.2 Å². The van der Waals surface area contributed by atoms with Crippen molar-refractivity contribution in [2.45, 2.75) is 59.2 Å². The molecular weight excluding hydrogens is 360 g/mol. The summed E-state index contributed by atoms with van der Waals surface area (Å²) in [7, 11) is 0. The Morgan fingerprint density at radius 1 is 1.19 bits per heavy atom. The van der Waals surface area contributed by atoms with E-state index in [2.05, 4.69) is 38.3 Å². The van der Waals surface area contributed by atoms with Gasteiger partial charge in [-0.2, -0.15) is 4.37 Å². The second-order valence-electron chi connectivity index (χ2n) is 8.28. The Morgan fingerprint density at radius 2 is 1.93 bits per heavy atom. The number of amides is 1. The molecule has 3 rings (SSSR count). The monoisotopic (exact) mass is 394 g/mol. The van der Waals surface area contributed by atoms with E-state index < -0.39 is 0 Å². The Labute approximate surface area is 167 Å². The normalized spacial score (nSPS) is 22.1. The van der Waals surface area contributed by atoms with Crippen molar-refractivity contribution in [2.75, 3.05) is 44.6 Å². The quantitative estimate of drug-likeness (QED) is 0.764. The van der Waals surface area contributed by atoms with Gasteiger partial charge in [-0.25, -0.2) is 4.98 Å². The van der Waals surface area contributed by atoms with Crippen LogP contribution in [0.3, 0.4) is 0 Å². The molecule has 8 heteroatoms. The first kappa shape index (κ1) is 20.5. The number of carbonyl (C=O) groups is 1. The largest absolute Gasteiger partial charge is 0.359 e. The number of hydrogen-bond donors (Lipinski definition) is 1. The minimum atomic E-state index is 0.0804. The highest BCUT2D eigenvalue weighted by Crippen LogP contribution is 2.21. The van der Waals surface area contributed by atoms with Crippen LogP contribution in [0.4, 0.5) is 5.13 Å². The number of anilines is 1. The van der Waals surface area contributed by atoms with Crippen LogP contribution < -0.4 is 5.32 Å². The molecule has 1 atom stereocenters. The van der Waals surface area contributed by atoms with Gasteiger partial charge < -0.3 is 10.2 Å². The van der Waals surface area contributed by atoms with Crippen LogP contribution in [0.1, 0.15) is 46.4 Å². The topological polar surface area (TPSA) is 64.6 Å². The third-order valence-electron chi connectivity index (χ3n) is 5.59. The van der Waals surface area contributed by atoms with E-state index in [0.29, 0.717) is 12.1 Å². The molecule has 0 saturated carbocycles. The molecule has 0 spiro atoms. The number of rotatable bonds is 7. The van der Waals surface area contributed by atoms with Crippen LogP contribution in [-0.2, 0) is 11.3 Å². The molecule has 1 aromatic heterocycles. The summed E-state index contributed by atoms with van der Waals surface area (Å²) in [6.45, 7) is 14.8. The minimum Gasteiger partial charge on any atom is -0.359 e. The molecule has 0 radical (unpaired) electrons. The van der Waals surface area contributed by atoms with E-state index in [4.69, 9.17) is 0 Å². The summed E-state index contributed by atoms with van der Waals surface area (Å²) in [5.74, 6) is 1.23. The van der Waals surface area contributed by atoms with Gasteiger partial charge in [0.1, 0.15) is 0 Å². The van der Waals surface area contributed by atoms with E-state index in [9.17, 15) is 4.79 Å². The Balaban J connectivity index is 1.43. The highest BCUT2D eigenvalue weighted by atomic mass is 32.1. The van der Waals surface area contributed by atoms with Gasteiger partial charge in [-0.15, -0.1) is 0 Å². The standard InChI is InChI=1S/C19H34N6OS/c1-14(2)18(26)24-10-8-23(9-11-24)13-17-21-19(27-22-17)20-12-16-6-5-7-25(16)15(3)4/h14-16H,5-13H2,1-4H3,(H,20,21,22)/t16-/m0/s1. The van der Waals surface area contributed by atoms with Gasteiger partial charge >= 0.3 is 0 Å². The molecule has 152 valence electrons. The van der Waals surface area contributed by atoms with Crippen molar-refractivity contribution in [1.29, 1.82) is 0 Å². The molecule has 2 aliphatic heterocycles. The zero-order valence-corrected chi connectivity index (χ0v) is 18.0. The summed E-state index contributed by atoms with van der Waals surface area (Å²) in [4.78, 5) is 23.7. The summed E-state index contributed by atoms with van der Waals surface area (Å²) >= 11 is 1.46. The van der Waals surface area contributed by atoms with Crippen LogP contribution in [0.5, 0.6) is 0 Å². The highest BCUT2D eigenvalue weighted by Gasteiger charge is 2.27. The van der Waals surface area contributed by atoms with Crippen molar-refractivity contribution in [3.05, 3.63) is 5.82 Å². The number of nitrogens with one attached hydrogen (secondary N) is 1. The average Bonchev–Trinajstić information content (AvgIpc) is 3.29. The molecule has 1 aromatic rings. The zero-order chi connectivity index (χ0) is 19.4. The first-order chi connectivity index (χ1) is 12.9. The molecular formula is C19H34N6OS. The van der Waals surface area contributed by atoms with E-state index in [1.165, 1.54) is 30.9 Å². The molecule has 2 saturated heterocycles. The number of hydrogen-bond acceptors (Lipinski definition) is 7. The SMILES string of the molecule is CC(C)C(=O)N1CCN(Cc2nsc(NC[C@@H]3CCCN3C(C)C)n2)CC1. The molecule has 27 heavy (non-hydrogen) atoms. The number of piperazine rings is 1. The summed E-state index contributed by atoms with van der Waals surface area (Å²) in [5, 5.41) is 4.42. The number of aromatic nitrogens is 2. The Bertz CT molecular complexity index is 611. The molecule has 2 aliphatic rings. The molecule has 3 heterocycles. The highest BCUT2D eigenvalue weighted by molar-refractivity contribution is 7.09. The maximum absolute atomic E-state index is 12.1. The molecule has 0 aliphatic carbocycles. The summed E-state index contributed by atoms with van der Waals surface area (Å²) in [6.07, 6.45) is 2.55. The second-order valence-corrected chi connectivity index (χ2v) is 9.03. The van der Waals surface area contributed by atoms with E-state index in [1.807, 2.05) is 18.7 Å². The lowest BCUT2D eigenvalue weighted by Gasteiger charge is -2.35. The van der Waals surface area contributed by atoms with Crippen LogP contribution in [0.25, 0.3) is 0 Å². The Hall–Kier alpha value is -1.25. The van der Waals surface area contributed by atoms with Gasteiger partial charge in [0, 0.05) is 62.3 Å². The van der Waals surface area contributed by atoms with E-state index in [1.54, 1.807) is 0 Å². The average molecular weight is 395 g/mol. The first-order valence-electron chi connectivity index (χ1n) is 10.3. The fourth-order valence-electron chi connectivity index (χ4n) is 4.04. The van der Waals surface area contributed by atoms with Crippen molar-refractivity contribution in [3.8, 4) is 0 Å². The minimum absolute atomic E-state index is 0.0804. The van der Waals surface area contributed by atoms with Gasteiger partial charge in [0.05, 0.1) is 6.54 Å². The summed E-state index contributed by atoms with van der Waals surface area (Å²) < 4.78 is 4.52. The van der Waals surface area contributed by atoms with Crippen LogP contribution in [0.2, 0.25) is 0 Å². The predicted molar refractivity (Wildman–Crippen MR) is 110 cm³/mol. The predicted octanol–water partition coefficient (Wildman–Crippen LogP) is 2.12. The van der Waals surface area contributed by atoms with Gasteiger partial charge in [-0.3, -0.25) is 14.6 Å². The van der Waals surface area contributed by atoms with Crippen LogP contribution >= 0.6 is 11.5 Å². The summed E-state index contributed by atoms with van der Waals surface area (Å²) in [6, 6.07) is 1.20. The molecule has 2 fully saturated rings. The lowest BCUT2D eigenvalue weighted by molar-refractivity contribution is -0.136. The fourth-order valence-corrected chi connectivity index (χ4v) is 4.63. The Kier molecular flexibility index (Phi) is 7.05. The van der Waals surface area contributed by atoms with Crippen molar-refractivity contribution in [3.63, 3.8) is 0 Å². The van der Waals surface area contributed by atoms with Gasteiger partial charge in [-0.1, -0.05) is 13.8 Å². The first-order valence-corrected chi connectivity index (χ1v) is 11.0. The zero-order valence-electron chi connectivity index (χ0n) is 17.1. The van der Waals surface area contributed by atoms with Crippen LogP contribution in [0, 0.1) is 5.92 Å². The molecule has 1 N–H and O–H groups in total. The Morgan fingerprint density at radius 3 is 2.59 bits per heavy atom. The summed E-state index contributed by atoms with van der Waals surface area (Å²) in [5.41, 5.74) is 0. The van der Waals surface area contributed by atoms with Crippen LogP contribution in [0.15, 0.2) is 0 Å². The van der Waals surface area contributed by atoms with E-state index in [0.717, 1.165) is 50.2 Å². The maximum atomic E-state index is 12.1. The van der Waals surface area contributed by atoms with E-state index >= 15 is 0 Å². The number of nitrogens with zero attached hydrogens (tertiary/aromatic N) is 5. The molecule has 1 amide bonds. The third-order valence-corrected chi connectivity index (χ3v) is 6.30. The number of carbonyl (C=O) groups excluding carboxylic acids is 1. The van der Waals surface area contributed by atoms with Crippen molar-refractivity contribution in [1.82, 2.24) is 24.1 Å². The lowest BCUT2D eigenvalue weighted by Crippen LogP contribution is -2.49. The molecule has 0 unspecified atom stereocenters. The molecule has 0 aromatic carbocycles. The van der Waals surface area contributed by atoms with Gasteiger partial charge in [0.25, 0.3) is 0 Å². The molecule has 0 bridgehead atoms. The van der Waals surface area contributed by atoms with Gasteiger partial charge in [0.2, 0.25) is 11.0 Å². The van der Waals surface area contributed by atoms with E-state index in [-0.39, 0.29) is 11.8 Å². The lowest BCUT2D eigenvalue weighted by atomic mass is 10.1. The van der Waals surface area contributed by atoms with Crippen molar-refractivity contribution < 1.29 is 4.79 Å². The van der Waals surface area contributed by atoms with Crippen molar-refractivity contribution in [2.24, 2.45) is 5.92 Å². The fraction of sp³-hybridized carbons (Fsp3) is 0.842.